The molecule has 0 amide bonds. The largest absolute Gasteiger partial charge is 0.379 e. The third-order valence-corrected chi connectivity index (χ3v) is 2.43. The first-order chi connectivity index (χ1) is 6.90. The normalized spacial score (nSPS) is 22.5. The Hall–Kier alpha value is -0.940. The Kier molecular flexibility index (Phi) is 3.10. The monoisotopic (exact) mass is 196 g/mol. The minimum atomic E-state index is 0.377. The summed E-state index contributed by atoms with van der Waals surface area (Å²) in [5.74, 6) is 0. The van der Waals surface area contributed by atoms with Crippen molar-refractivity contribution in [2.24, 2.45) is 0 Å². The molecule has 14 heavy (non-hydrogen) atoms. The summed E-state index contributed by atoms with van der Waals surface area (Å²) in [6, 6.07) is 0.377. The van der Waals surface area contributed by atoms with Crippen molar-refractivity contribution in [2.45, 2.75) is 25.4 Å². The number of nitrogens with one attached hydrogen (secondary N) is 1. The molecular weight excluding hydrogens is 180 g/mol. The SMILES string of the molecule is CNCc1cn(C2CCCOC2)nn1. The van der Waals surface area contributed by atoms with Gasteiger partial charge in [-0.3, -0.25) is 0 Å². The lowest BCUT2D eigenvalue weighted by molar-refractivity contribution is 0.0543. The van der Waals surface area contributed by atoms with Crippen LogP contribution < -0.4 is 5.32 Å². The predicted molar refractivity (Wildman–Crippen MR) is 51.9 cm³/mol. The first kappa shape index (κ1) is 9.61. The van der Waals surface area contributed by atoms with Crippen LogP contribution in [0.15, 0.2) is 6.20 Å². The van der Waals surface area contributed by atoms with E-state index in [1.165, 1.54) is 0 Å². The van der Waals surface area contributed by atoms with Gasteiger partial charge in [-0.1, -0.05) is 5.21 Å². The van der Waals surface area contributed by atoms with E-state index in [9.17, 15) is 0 Å². The average molecular weight is 196 g/mol. The minimum absolute atomic E-state index is 0.377. The number of ether oxygens (including phenoxy) is 1. The van der Waals surface area contributed by atoms with E-state index in [-0.39, 0.29) is 0 Å². The van der Waals surface area contributed by atoms with E-state index in [4.69, 9.17) is 4.74 Å². The fourth-order valence-electron chi connectivity index (χ4n) is 1.69. The second kappa shape index (κ2) is 4.52. The highest BCUT2D eigenvalue weighted by molar-refractivity contribution is 4.92. The van der Waals surface area contributed by atoms with Gasteiger partial charge in [-0.15, -0.1) is 5.10 Å². The molecule has 0 radical (unpaired) electrons. The van der Waals surface area contributed by atoms with Crippen molar-refractivity contribution >= 4 is 0 Å². The van der Waals surface area contributed by atoms with Crippen molar-refractivity contribution in [3.8, 4) is 0 Å². The van der Waals surface area contributed by atoms with Gasteiger partial charge in [-0.2, -0.15) is 0 Å². The second-order valence-electron chi connectivity index (χ2n) is 3.59. The van der Waals surface area contributed by atoms with Crippen LogP contribution >= 0.6 is 0 Å². The summed E-state index contributed by atoms with van der Waals surface area (Å²) in [6.07, 6.45) is 4.25. The van der Waals surface area contributed by atoms with Crippen molar-refractivity contribution in [1.29, 1.82) is 0 Å². The molecule has 78 valence electrons. The van der Waals surface area contributed by atoms with Crippen molar-refractivity contribution in [1.82, 2.24) is 20.3 Å². The van der Waals surface area contributed by atoms with E-state index in [1.54, 1.807) is 0 Å². The lowest BCUT2D eigenvalue weighted by atomic mass is 10.1. The Morgan fingerprint density at radius 2 is 2.64 bits per heavy atom. The zero-order valence-corrected chi connectivity index (χ0v) is 8.44. The van der Waals surface area contributed by atoms with Crippen LogP contribution in [0.5, 0.6) is 0 Å². The summed E-state index contributed by atoms with van der Waals surface area (Å²) < 4.78 is 7.32. The van der Waals surface area contributed by atoms with Gasteiger partial charge >= 0.3 is 0 Å². The Labute approximate surface area is 83.4 Å². The van der Waals surface area contributed by atoms with E-state index in [0.29, 0.717) is 6.04 Å². The van der Waals surface area contributed by atoms with Gasteiger partial charge in [-0.25, -0.2) is 4.68 Å². The van der Waals surface area contributed by atoms with Crippen LogP contribution in [0.3, 0.4) is 0 Å². The standard InChI is InChI=1S/C9H16N4O/c1-10-5-8-6-13(12-11-8)9-3-2-4-14-7-9/h6,9-10H,2-5,7H2,1H3. The molecular formula is C9H16N4O. The molecule has 1 aromatic heterocycles. The van der Waals surface area contributed by atoms with E-state index in [2.05, 4.69) is 15.6 Å². The minimum Gasteiger partial charge on any atom is -0.379 e. The fourth-order valence-corrected chi connectivity index (χ4v) is 1.69. The van der Waals surface area contributed by atoms with Gasteiger partial charge in [0.2, 0.25) is 0 Å². The summed E-state index contributed by atoms with van der Waals surface area (Å²) in [5.41, 5.74) is 0.984. The Balaban J connectivity index is 2.00. The molecule has 1 saturated heterocycles. The number of rotatable bonds is 3. The Bertz CT molecular complexity index is 280. The molecule has 1 fully saturated rings. The molecule has 1 unspecified atom stereocenters. The quantitative estimate of drug-likeness (QED) is 0.758. The summed E-state index contributed by atoms with van der Waals surface area (Å²) in [5, 5.41) is 11.2. The van der Waals surface area contributed by atoms with Crippen molar-refractivity contribution in [2.75, 3.05) is 20.3 Å². The Morgan fingerprint density at radius 1 is 1.71 bits per heavy atom. The third kappa shape index (κ3) is 2.10. The molecule has 5 nitrogen and oxygen atoms in total. The molecule has 5 heteroatoms. The summed E-state index contributed by atoms with van der Waals surface area (Å²) in [6.45, 7) is 2.42. The van der Waals surface area contributed by atoms with Gasteiger partial charge in [0.05, 0.1) is 24.5 Å². The lowest BCUT2D eigenvalue weighted by Crippen LogP contribution is -2.21. The van der Waals surface area contributed by atoms with Crippen LogP contribution in [0.4, 0.5) is 0 Å². The molecule has 0 saturated carbocycles. The first-order valence-electron chi connectivity index (χ1n) is 5.03. The molecule has 2 rings (SSSR count). The molecule has 1 aromatic rings. The maximum atomic E-state index is 5.40. The van der Waals surface area contributed by atoms with Gasteiger partial charge < -0.3 is 10.1 Å². The number of hydrogen-bond acceptors (Lipinski definition) is 4. The average Bonchev–Trinajstić information content (AvgIpc) is 2.68. The van der Waals surface area contributed by atoms with Crippen molar-refractivity contribution in [3.63, 3.8) is 0 Å². The highest BCUT2D eigenvalue weighted by atomic mass is 16.5. The highest BCUT2D eigenvalue weighted by Gasteiger charge is 2.16. The molecule has 1 N–H and O–H groups in total. The number of nitrogens with zero attached hydrogens (tertiary/aromatic N) is 3. The zero-order valence-electron chi connectivity index (χ0n) is 8.44. The first-order valence-corrected chi connectivity index (χ1v) is 5.03. The van der Waals surface area contributed by atoms with Crippen molar-refractivity contribution < 1.29 is 4.74 Å². The fraction of sp³-hybridized carbons (Fsp3) is 0.778. The molecule has 1 atom stereocenters. The maximum Gasteiger partial charge on any atom is 0.0964 e. The van der Waals surface area contributed by atoms with Crippen LogP contribution in [-0.2, 0) is 11.3 Å². The lowest BCUT2D eigenvalue weighted by Gasteiger charge is -2.21. The smallest absolute Gasteiger partial charge is 0.0964 e. The number of aromatic nitrogens is 3. The van der Waals surface area contributed by atoms with E-state index < -0.39 is 0 Å². The molecule has 1 aliphatic rings. The number of hydrogen-bond donors (Lipinski definition) is 1. The molecule has 0 bridgehead atoms. The third-order valence-electron chi connectivity index (χ3n) is 2.43. The van der Waals surface area contributed by atoms with Crippen LogP contribution in [0, 0.1) is 0 Å². The molecule has 1 aliphatic heterocycles. The Morgan fingerprint density at radius 3 is 3.36 bits per heavy atom. The van der Waals surface area contributed by atoms with Crippen LogP contribution in [0.2, 0.25) is 0 Å². The second-order valence-corrected chi connectivity index (χ2v) is 3.59. The summed E-state index contributed by atoms with van der Waals surface area (Å²) >= 11 is 0. The molecule has 0 aliphatic carbocycles. The van der Waals surface area contributed by atoms with E-state index >= 15 is 0 Å². The molecule has 0 aromatic carbocycles. The summed E-state index contributed by atoms with van der Waals surface area (Å²) in [7, 11) is 1.91. The topological polar surface area (TPSA) is 52.0 Å². The predicted octanol–water partition coefficient (Wildman–Crippen LogP) is 0.349. The summed E-state index contributed by atoms with van der Waals surface area (Å²) in [4.78, 5) is 0. The maximum absolute atomic E-state index is 5.40. The van der Waals surface area contributed by atoms with Crippen LogP contribution in [0.1, 0.15) is 24.6 Å². The van der Waals surface area contributed by atoms with E-state index in [1.807, 2.05) is 17.9 Å². The van der Waals surface area contributed by atoms with Gasteiger partial charge in [0, 0.05) is 13.2 Å². The zero-order chi connectivity index (χ0) is 9.80. The molecule has 2 heterocycles. The van der Waals surface area contributed by atoms with Gasteiger partial charge in [-0.05, 0) is 19.9 Å². The van der Waals surface area contributed by atoms with Gasteiger partial charge in [0.25, 0.3) is 0 Å². The van der Waals surface area contributed by atoms with Gasteiger partial charge in [0.15, 0.2) is 0 Å². The van der Waals surface area contributed by atoms with Crippen LogP contribution in [0.25, 0.3) is 0 Å². The molecule has 0 spiro atoms. The highest BCUT2D eigenvalue weighted by Crippen LogP contribution is 2.17. The van der Waals surface area contributed by atoms with E-state index in [0.717, 1.165) is 38.3 Å². The van der Waals surface area contributed by atoms with Gasteiger partial charge in [0.1, 0.15) is 0 Å². The van der Waals surface area contributed by atoms with Crippen molar-refractivity contribution in [3.05, 3.63) is 11.9 Å². The van der Waals surface area contributed by atoms with Crippen LogP contribution in [-0.4, -0.2) is 35.3 Å².